The summed E-state index contributed by atoms with van der Waals surface area (Å²) in [6, 6.07) is -1.01. The van der Waals surface area contributed by atoms with E-state index in [0.717, 1.165) is 0 Å². The van der Waals surface area contributed by atoms with Crippen LogP contribution < -0.4 is 0 Å². The monoisotopic (exact) mass is 299 g/mol. The summed E-state index contributed by atoms with van der Waals surface area (Å²) in [5.41, 5.74) is -0.687. The Morgan fingerprint density at radius 1 is 1.29 bits per heavy atom. The molecule has 0 spiro atoms. The van der Waals surface area contributed by atoms with E-state index in [2.05, 4.69) is 0 Å². The van der Waals surface area contributed by atoms with Gasteiger partial charge in [0.2, 0.25) is 0 Å². The fraction of sp³-hybridized carbons (Fsp3) is 0.786. The van der Waals surface area contributed by atoms with Crippen molar-refractivity contribution in [2.45, 2.75) is 39.3 Å². The smallest absolute Gasteiger partial charge is 0.411 e. The summed E-state index contributed by atoms with van der Waals surface area (Å²) in [6.07, 6.45) is -0.648. The van der Waals surface area contributed by atoms with Crippen LogP contribution in [0.1, 0.15) is 27.7 Å². The van der Waals surface area contributed by atoms with Gasteiger partial charge >= 0.3 is 18.0 Å². The third kappa shape index (κ3) is 2.96. The van der Waals surface area contributed by atoms with E-state index in [1.165, 1.54) is 4.90 Å². The van der Waals surface area contributed by atoms with Crippen molar-refractivity contribution in [3.8, 4) is 0 Å². The van der Waals surface area contributed by atoms with E-state index >= 15 is 0 Å². The van der Waals surface area contributed by atoms with Crippen LogP contribution in [-0.4, -0.2) is 52.8 Å². The fourth-order valence-corrected chi connectivity index (χ4v) is 2.99. The minimum atomic E-state index is -1.11. The summed E-state index contributed by atoms with van der Waals surface area (Å²) in [6.45, 7) is 7.36. The average molecular weight is 299 g/mol. The molecule has 21 heavy (non-hydrogen) atoms. The molecule has 2 fully saturated rings. The molecule has 1 aliphatic heterocycles. The van der Waals surface area contributed by atoms with Gasteiger partial charge in [-0.2, -0.15) is 0 Å². The highest BCUT2D eigenvalue weighted by atomic mass is 16.6. The first-order chi connectivity index (χ1) is 9.67. The Labute approximate surface area is 123 Å². The molecule has 2 aliphatic rings. The van der Waals surface area contributed by atoms with Crippen LogP contribution in [0.5, 0.6) is 0 Å². The molecular weight excluding hydrogens is 278 g/mol. The van der Waals surface area contributed by atoms with Gasteiger partial charge in [-0.05, 0) is 33.6 Å². The lowest BCUT2D eigenvalue weighted by molar-refractivity contribution is -0.147. The lowest BCUT2D eigenvalue weighted by atomic mass is 10.1. The maximum atomic E-state index is 12.1. The van der Waals surface area contributed by atoms with Crippen LogP contribution in [0.4, 0.5) is 4.79 Å². The molecule has 0 radical (unpaired) electrons. The number of aliphatic carboxylic acids is 1. The summed E-state index contributed by atoms with van der Waals surface area (Å²) in [5.74, 6) is -2.40. The third-order valence-electron chi connectivity index (χ3n) is 3.78. The normalized spacial score (nSPS) is 30.6. The highest BCUT2D eigenvalue weighted by Crippen LogP contribution is 2.56. The maximum Gasteiger partial charge on any atom is 0.411 e. The van der Waals surface area contributed by atoms with Crippen LogP contribution in [0.2, 0.25) is 0 Å². The number of esters is 1. The molecule has 118 valence electrons. The summed E-state index contributed by atoms with van der Waals surface area (Å²) in [7, 11) is 0. The molecule has 1 N–H and O–H groups in total. The molecule has 0 aromatic rings. The topological polar surface area (TPSA) is 93.1 Å². The molecule has 1 amide bonds. The van der Waals surface area contributed by atoms with Crippen molar-refractivity contribution in [1.82, 2.24) is 4.90 Å². The van der Waals surface area contributed by atoms with Gasteiger partial charge in [-0.25, -0.2) is 9.59 Å². The van der Waals surface area contributed by atoms with E-state index < -0.39 is 29.6 Å². The molecule has 4 atom stereocenters. The van der Waals surface area contributed by atoms with Crippen LogP contribution in [0.3, 0.4) is 0 Å². The van der Waals surface area contributed by atoms with Gasteiger partial charge in [-0.1, -0.05) is 0 Å². The number of carbonyl (C=O) groups is 3. The van der Waals surface area contributed by atoms with Crippen molar-refractivity contribution < 1.29 is 29.0 Å². The zero-order chi connectivity index (χ0) is 15.9. The number of amides is 1. The number of fused-ring (bicyclic) bond motifs is 1. The Morgan fingerprint density at radius 2 is 1.90 bits per heavy atom. The minimum absolute atomic E-state index is 0.141. The van der Waals surface area contributed by atoms with Gasteiger partial charge in [0.15, 0.2) is 0 Å². The molecule has 0 bridgehead atoms. The van der Waals surface area contributed by atoms with Gasteiger partial charge in [0.1, 0.15) is 11.6 Å². The molecule has 0 aromatic carbocycles. The van der Waals surface area contributed by atoms with Crippen molar-refractivity contribution in [2.24, 2.45) is 17.8 Å². The van der Waals surface area contributed by atoms with Crippen LogP contribution in [0, 0.1) is 17.8 Å². The second-order valence-electron chi connectivity index (χ2n) is 6.43. The van der Waals surface area contributed by atoms with Crippen molar-refractivity contribution in [2.75, 3.05) is 13.2 Å². The number of piperidine rings is 1. The quantitative estimate of drug-likeness (QED) is 0.785. The Morgan fingerprint density at radius 3 is 2.38 bits per heavy atom. The van der Waals surface area contributed by atoms with E-state index in [1.807, 2.05) is 0 Å². The van der Waals surface area contributed by atoms with Crippen LogP contribution in [-0.2, 0) is 19.1 Å². The van der Waals surface area contributed by atoms with E-state index in [0.29, 0.717) is 0 Å². The number of carboxylic acids is 1. The minimum Gasteiger partial charge on any atom is -0.480 e. The molecule has 1 heterocycles. The molecule has 1 saturated carbocycles. The second kappa shape index (κ2) is 5.20. The molecule has 7 nitrogen and oxygen atoms in total. The van der Waals surface area contributed by atoms with E-state index in [1.54, 1.807) is 27.7 Å². The number of hydrogen-bond acceptors (Lipinski definition) is 5. The summed E-state index contributed by atoms with van der Waals surface area (Å²) >= 11 is 0. The molecule has 7 heteroatoms. The Kier molecular flexibility index (Phi) is 3.86. The van der Waals surface area contributed by atoms with E-state index in [-0.39, 0.29) is 31.0 Å². The van der Waals surface area contributed by atoms with Crippen molar-refractivity contribution in [3.05, 3.63) is 0 Å². The second-order valence-corrected chi connectivity index (χ2v) is 6.43. The zero-order valence-electron chi connectivity index (χ0n) is 12.7. The number of rotatable bonds is 3. The third-order valence-corrected chi connectivity index (χ3v) is 3.78. The number of carbonyl (C=O) groups excluding carboxylic acids is 2. The lowest BCUT2D eigenvalue weighted by Crippen LogP contribution is -2.47. The fourth-order valence-electron chi connectivity index (χ4n) is 2.99. The van der Waals surface area contributed by atoms with Gasteiger partial charge in [-0.3, -0.25) is 9.69 Å². The van der Waals surface area contributed by atoms with Gasteiger partial charge < -0.3 is 14.6 Å². The van der Waals surface area contributed by atoms with Crippen LogP contribution in [0.25, 0.3) is 0 Å². The first-order valence-corrected chi connectivity index (χ1v) is 7.06. The first kappa shape index (κ1) is 15.6. The molecule has 1 saturated heterocycles. The number of hydrogen-bond donors (Lipinski definition) is 1. The highest BCUT2D eigenvalue weighted by molar-refractivity contribution is 5.86. The van der Waals surface area contributed by atoms with Crippen LogP contribution >= 0.6 is 0 Å². The number of carboxylic acid groups (broad SMARTS) is 1. The first-order valence-electron chi connectivity index (χ1n) is 7.06. The number of likely N-dealkylation sites (tertiary alicyclic amines) is 1. The van der Waals surface area contributed by atoms with Crippen molar-refractivity contribution in [1.29, 1.82) is 0 Å². The highest BCUT2D eigenvalue weighted by Gasteiger charge is 2.68. The van der Waals surface area contributed by atoms with Gasteiger partial charge in [0.25, 0.3) is 0 Å². The predicted octanol–water partition coefficient (Wildman–Crippen LogP) is 1.12. The van der Waals surface area contributed by atoms with Crippen molar-refractivity contribution in [3.63, 3.8) is 0 Å². The predicted molar refractivity (Wildman–Crippen MR) is 71.5 cm³/mol. The molecule has 1 aliphatic carbocycles. The number of nitrogens with zero attached hydrogens (tertiary/aromatic N) is 1. The lowest BCUT2D eigenvalue weighted by Gasteiger charge is -2.29. The molecule has 2 rings (SSSR count). The standard InChI is InChI=1S/C14H21NO6/c1-5-20-12(18)9-7-6-15(10(8(7)9)11(16)17)13(19)21-14(2,3)4/h7-10H,5-6H2,1-4H3,(H,16,17)/t7?,8-,9?,10-/m0/s1. The average Bonchev–Trinajstić information content (AvgIpc) is 2.87. The zero-order valence-corrected chi connectivity index (χ0v) is 12.7. The molecule has 0 aromatic heterocycles. The summed E-state index contributed by atoms with van der Waals surface area (Å²) in [5, 5.41) is 9.36. The van der Waals surface area contributed by atoms with E-state index in [4.69, 9.17) is 9.47 Å². The van der Waals surface area contributed by atoms with Crippen LogP contribution in [0.15, 0.2) is 0 Å². The molecular formula is C14H21NO6. The number of ether oxygens (including phenoxy) is 2. The van der Waals surface area contributed by atoms with Crippen molar-refractivity contribution >= 4 is 18.0 Å². The van der Waals surface area contributed by atoms with Gasteiger partial charge in [-0.15, -0.1) is 0 Å². The molecule has 2 unspecified atom stereocenters. The van der Waals surface area contributed by atoms with Gasteiger partial charge in [0, 0.05) is 12.5 Å². The Hall–Kier alpha value is -1.79. The van der Waals surface area contributed by atoms with Gasteiger partial charge in [0.05, 0.1) is 12.5 Å². The Balaban J connectivity index is 2.07. The SMILES string of the molecule is CCOC(=O)C1C2CN(C(=O)OC(C)(C)C)[C@H](C(=O)O)[C@@H]21. The maximum absolute atomic E-state index is 12.1. The van der Waals surface area contributed by atoms with E-state index in [9.17, 15) is 19.5 Å². The largest absolute Gasteiger partial charge is 0.480 e. The Bertz CT molecular complexity index is 469. The summed E-state index contributed by atoms with van der Waals surface area (Å²) in [4.78, 5) is 36.5. The summed E-state index contributed by atoms with van der Waals surface area (Å²) < 4.78 is 10.2.